The van der Waals surface area contributed by atoms with Crippen LogP contribution in [-0.2, 0) is 22.4 Å². The van der Waals surface area contributed by atoms with E-state index in [1.165, 1.54) is 49.8 Å². The van der Waals surface area contributed by atoms with Crippen LogP contribution in [0.2, 0.25) is 10.0 Å². The summed E-state index contributed by atoms with van der Waals surface area (Å²) in [5, 5.41) is 14.6. The first-order chi connectivity index (χ1) is 19.8. The van der Waals surface area contributed by atoms with Crippen LogP contribution in [-0.4, -0.2) is 38.6 Å². The van der Waals surface area contributed by atoms with Gasteiger partial charge in [0.05, 0.1) is 16.1 Å². The Morgan fingerprint density at radius 3 is 2.27 bits per heavy atom. The Kier molecular flexibility index (Phi) is 13.6. The highest BCUT2D eigenvalue weighted by molar-refractivity contribution is 6.42. The zero-order chi connectivity index (χ0) is 29.6. The highest BCUT2D eigenvalue weighted by Crippen LogP contribution is 2.29. The Hall–Kier alpha value is -2.90. The van der Waals surface area contributed by atoms with E-state index in [2.05, 4.69) is 17.1 Å². The molecule has 7 nitrogen and oxygen atoms in total. The maximum Gasteiger partial charge on any atom is 0.394 e. The minimum absolute atomic E-state index is 0.204. The molecule has 0 aliphatic rings. The molecular weight excluding hydrogens is 561 g/mol. The van der Waals surface area contributed by atoms with Gasteiger partial charge < -0.3 is 14.5 Å². The minimum atomic E-state index is -1.49. The van der Waals surface area contributed by atoms with Gasteiger partial charge in [0.1, 0.15) is 0 Å². The Morgan fingerprint density at radius 2 is 1.61 bits per heavy atom. The summed E-state index contributed by atoms with van der Waals surface area (Å²) in [6, 6.07) is 12.3. The first-order valence-corrected chi connectivity index (χ1v) is 15.5. The second kappa shape index (κ2) is 17.1. The molecule has 1 atom stereocenters. The molecule has 0 saturated carbocycles. The zero-order valence-electron chi connectivity index (χ0n) is 24.1. The monoisotopic (exact) mass is 601 g/mol. The number of nitrogens with zero attached hydrogens (tertiary/aromatic N) is 3. The Morgan fingerprint density at radius 1 is 0.902 bits per heavy atom. The molecule has 1 amide bonds. The number of carboxylic acid groups (broad SMARTS) is 1. The van der Waals surface area contributed by atoms with Gasteiger partial charge in [-0.2, -0.15) is 4.98 Å². The molecule has 1 unspecified atom stereocenters. The fourth-order valence-corrected chi connectivity index (χ4v) is 5.37. The summed E-state index contributed by atoms with van der Waals surface area (Å²) in [4.78, 5) is 30.5. The van der Waals surface area contributed by atoms with Gasteiger partial charge >= 0.3 is 11.9 Å². The molecule has 1 N–H and O–H groups in total. The smallest absolute Gasteiger partial charge is 0.394 e. The standard InChI is InChI=1S/C32H41Cl2N3O4/c1-3-5-6-7-8-9-10-11-12-16-29-35-30(41-36-29)25-15-13-14-24(22-25)28(4-2)37(31(38)32(39)40)20-19-23-17-18-26(33)27(34)21-23/h13-15,17-18,21-22,28H,3-12,16,19-20H2,1-2H3,(H,39,40). The fourth-order valence-electron chi connectivity index (χ4n) is 5.05. The van der Waals surface area contributed by atoms with E-state index >= 15 is 0 Å². The van der Waals surface area contributed by atoms with Crippen LogP contribution in [0.4, 0.5) is 0 Å². The number of aliphatic carboxylic acids is 1. The van der Waals surface area contributed by atoms with Crippen molar-refractivity contribution in [1.82, 2.24) is 15.0 Å². The number of carboxylic acids is 1. The highest BCUT2D eigenvalue weighted by atomic mass is 35.5. The lowest BCUT2D eigenvalue weighted by Gasteiger charge is -2.30. The predicted octanol–water partition coefficient (Wildman–Crippen LogP) is 8.72. The van der Waals surface area contributed by atoms with Crippen LogP contribution in [0.5, 0.6) is 0 Å². The molecule has 3 rings (SSSR count). The number of aromatic nitrogens is 2. The summed E-state index contributed by atoms with van der Waals surface area (Å²) >= 11 is 12.2. The molecule has 0 bridgehead atoms. The number of halogens is 2. The summed E-state index contributed by atoms with van der Waals surface area (Å²) < 4.78 is 5.57. The molecule has 0 aliphatic heterocycles. The van der Waals surface area contributed by atoms with E-state index in [0.717, 1.165) is 36.0 Å². The third kappa shape index (κ3) is 10.2. The van der Waals surface area contributed by atoms with Crippen LogP contribution < -0.4 is 0 Å². The van der Waals surface area contributed by atoms with Crippen molar-refractivity contribution in [2.45, 2.75) is 96.9 Å². The number of aryl methyl sites for hydroxylation is 1. The molecule has 0 fully saturated rings. The maximum absolute atomic E-state index is 12.8. The van der Waals surface area contributed by atoms with Gasteiger partial charge in [-0.1, -0.05) is 112 Å². The Balaban J connectivity index is 1.64. The second-order valence-corrected chi connectivity index (χ2v) is 11.3. The molecule has 222 valence electrons. The predicted molar refractivity (Wildman–Crippen MR) is 163 cm³/mol. The number of carbonyl (C=O) groups is 2. The number of rotatable bonds is 17. The number of carbonyl (C=O) groups excluding carboxylic acids is 1. The van der Waals surface area contributed by atoms with Gasteiger partial charge in [-0.3, -0.25) is 4.79 Å². The SMILES string of the molecule is CCCCCCCCCCCc1noc(-c2cccc(C(CC)N(CCc3ccc(Cl)c(Cl)c3)C(=O)C(=O)O)c2)n1. The van der Waals surface area contributed by atoms with Crippen molar-refractivity contribution < 1.29 is 19.2 Å². The fraction of sp³-hybridized carbons (Fsp3) is 0.500. The molecule has 1 heterocycles. The van der Waals surface area contributed by atoms with E-state index in [0.29, 0.717) is 34.6 Å². The number of unbranched alkanes of at least 4 members (excludes halogenated alkanes) is 8. The van der Waals surface area contributed by atoms with Crippen molar-refractivity contribution in [3.8, 4) is 11.5 Å². The number of amides is 1. The summed E-state index contributed by atoms with van der Waals surface area (Å²) in [6.45, 7) is 4.37. The summed E-state index contributed by atoms with van der Waals surface area (Å²) in [5.41, 5.74) is 2.39. The van der Waals surface area contributed by atoms with Crippen molar-refractivity contribution in [2.24, 2.45) is 0 Å². The number of hydrogen-bond donors (Lipinski definition) is 1. The van der Waals surface area contributed by atoms with E-state index in [1.807, 2.05) is 37.3 Å². The lowest BCUT2D eigenvalue weighted by atomic mass is 9.99. The molecule has 1 aromatic heterocycles. The van der Waals surface area contributed by atoms with Gasteiger partial charge in [0.15, 0.2) is 5.82 Å². The molecule has 0 aliphatic carbocycles. The van der Waals surface area contributed by atoms with Crippen LogP contribution in [0.25, 0.3) is 11.5 Å². The highest BCUT2D eigenvalue weighted by Gasteiger charge is 2.29. The minimum Gasteiger partial charge on any atom is -0.474 e. The normalized spacial score (nSPS) is 11.9. The molecule has 2 aromatic carbocycles. The van der Waals surface area contributed by atoms with Crippen LogP contribution in [0.1, 0.15) is 101 Å². The first kappa shape index (κ1) is 32.6. The second-order valence-electron chi connectivity index (χ2n) is 10.4. The van der Waals surface area contributed by atoms with Gasteiger partial charge in [0, 0.05) is 18.5 Å². The summed E-state index contributed by atoms with van der Waals surface area (Å²) in [6.07, 6.45) is 13.0. The van der Waals surface area contributed by atoms with Crippen LogP contribution in [0.3, 0.4) is 0 Å². The Bertz CT molecular complexity index is 1260. The molecule has 0 spiro atoms. The van der Waals surface area contributed by atoms with Crippen molar-refractivity contribution in [1.29, 1.82) is 0 Å². The van der Waals surface area contributed by atoms with Gasteiger partial charge in [0.2, 0.25) is 0 Å². The average Bonchev–Trinajstić information content (AvgIpc) is 3.45. The van der Waals surface area contributed by atoms with E-state index in [-0.39, 0.29) is 6.54 Å². The van der Waals surface area contributed by atoms with Gasteiger partial charge in [-0.25, -0.2) is 4.79 Å². The van der Waals surface area contributed by atoms with Crippen molar-refractivity contribution in [3.63, 3.8) is 0 Å². The summed E-state index contributed by atoms with van der Waals surface area (Å²) in [7, 11) is 0. The molecular formula is C32H41Cl2N3O4. The van der Waals surface area contributed by atoms with Crippen molar-refractivity contribution in [3.05, 3.63) is 69.5 Å². The van der Waals surface area contributed by atoms with Crippen LogP contribution in [0, 0.1) is 0 Å². The van der Waals surface area contributed by atoms with Crippen LogP contribution >= 0.6 is 23.2 Å². The zero-order valence-corrected chi connectivity index (χ0v) is 25.6. The van der Waals surface area contributed by atoms with E-state index in [9.17, 15) is 14.7 Å². The van der Waals surface area contributed by atoms with Gasteiger partial charge in [0.25, 0.3) is 5.89 Å². The first-order valence-electron chi connectivity index (χ1n) is 14.7. The molecule has 0 radical (unpaired) electrons. The molecule has 3 aromatic rings. The van der Waals surface area contributed by atoms with Crippen LogP contribution in [0.15, 0.2) is 47.0 Å². The number of benzene rings is 2. The van der Waals surface area contributed by atoms with Gasteiger partial charge in [-0.05, 0) is 54.7 Å². The van der Waals surface area contributed by atoms with E-state index < -0.39 is 17.9 Å². The average molecular weight is 603 g/mol. The third-order valence-corrected chi connectivity index (χ3v) is 8.06. The van der Waals surface area contributed by atoms with E-state index in [4.69, 9.17) is 27.7 Å². The lowest BCUT2D eigenvalue weighted by molar-refractivity contribution is -0.157. The molecule has 41 heavy (non-hydrogen) atoms. The number of hydrogen-bond acceptors (Lipinski definition) is 5. The Labute approximate surface area is 253 Å². The summed E-state index contributed by atoms with van der Waals surface area (Å²) in [5.74, 6) is -1.35. The van der Waals surface area contributed by atoms with Gasteiger partial charge in [-0.15, -0.1) is 0 Å². The molecule has 9 heteroatoms. The van der Waals surface area contributed by atoms with E-state index in [1.54, 1.807) is 12.1 Å². The van der Waals surface area contributed by atoms with Crippen molar-refractivity contribution >= 4 is 35.1 Å². The third-order valence-electron chi connectivity index (χ3n) is 7.32. The van der Waals surface area contributed by atoms with Crippen molar-refractivity contribution in [2.75, 3.05) is 6.54 Å². The largest absolute Gasteiger partial charge is 0.474 e. The lowest BCUT2D eigenvalue weighted by Crippen LogP contribution is -2.40. The molecule has 0 saturated heterocycles. The maximum atomic E-state index is 12.8. The quantitative estimate of drug-likeness (QED) is 0.123. The topological polar surface area (TPSA) is 96.5 Å².